The number of carbonyl (C=O) groups excluding carboxylic acids is 1. The molecule has 1 fully saturated rings. The summed E-state index contributed by atoms with van der Waals surface area (Å²) in [4.78, 5) is 11.1. The number of hydrogen-bond acceptors (Lipinski definition) is 3. The molecule has 0 aliphatic heterocycles. The maximum Gasteiger partial charge on any atom is 0.311 e. The molecule has 0 aromatic heterocycles. The van der Waals surface area contributed by atoms with Crippen molar-refractivity contribution in [2.75, 3.05) is 6.61 Å². The van der Waals surface area contributed by atoms with Crippen molar-refractivity contribution < 1.29 is 14.6 Å². The topological polar surface area (TPSA) is 46.5 Å². The summed E-state index contributed by atoms with van der Waals surface area (Å²) in [5.74, 6) is -0.548. The zero-order valence-corrected chi connectivity index (χ0v) is 6.75. The highest BCUT2D eigenvalue weighted by Gasteiger charge is 2.28. The van der Waals surface area contributed by atoms with Crippen molar-refractivity contribution in [3.8, 4) is 0 Å². The van der Waals surface area contributed by atoms with Crippen molar-refractivity contribution in [3.63, 3.8) is 0 Å². The first kappa shape index (κ1) is 8.53. The second kappa shape index (κ2) is 3.72. The summed E-state index contributed by atoms with van der Waals surface area (Å²) in [7, 11) is 0. The third-order valence-corrected chi connectivity index (χ3v) is 1.85. The van der Waals surface area contributed by atoms with Crippen molar-refractivity contribution >= 4 is 5.97 Å². The minimum atomic E-state index is -0.310. The molecule has 0 aromatic carbocycles. The lowest BCUT2D eigenvalue weighted by Gasteiger charge is -2.09. The van der Waals surface area contributed by atoms with Crippen LogP contribution in [0.25, 0.3) is 0 Å². The Kier molecular flexibility index (Phi) is 2.88. The molecule has 0 saturated heterocycles. The number of hydrogen-bond donors (Lipinski definition) is 1. The molecule has 64 valence electrons. The van der Waals surface area contributed by atoms with E-state index in [4.69, 9.17) is 9.84 Å². The van der Waals surface area contributed by atoms with Crippen molar-refractivity contribution in [2.24, 2.45) is 5.92 Å². The first-order valence-corrected chi connectivity index (χ1v) is 4.09. The Morgan fingerprint density at radius 2 is 2.36 bits per heavy atom. The van der Waals surface area contributed by atoms with E-state index in [2.05, 4.69) is 0 Å². The van der Waals surface area contributed by atoms with Gasteiger partial charge in [-0.05, 0) is 19.3 Å². The molecule has 1 atom stereocenters. The van der Waals surface area contributed by atoms with Gasteiger partial charge in [0.1, 0.15) is 6.10 Å². The lowest BCUT2D eigenvalue weighted by Crippen LogP contribution is -2.21. The fourth-order valence-corrected chi connectivity index (χ4v) is 0.817. The molecular formula is C8H14O3. The van der Waals surface area contributed by atoms with Crippen LogP contribution in [0.5, 0.6) is 0 Å². The summed E-state index contributed by atoms with van der Waals surface area (Å²) in [6.07, 6.45) is 2.80. The zero-order valence-electron chi connectivity index (χ0n) is 6.75. The normalized spacial score (nSPS) is 19.5. The maximum absolute atomic E-state index is 11.1. The molecule has 0 radical (unpaired) electrons. The molecule has 1 unspecified atom stereocenters. The minimum Gasteiger partial charge on any atom is -0.462 e. The lowest BCUT2D eigenvalue weighted by molar-refractivity contribution is -0.151. The largest absolute Gasteiger partial charge is 0.462 e. The summed E-state index contributed by atoms with van der Waals surface area (Å²) in [5.41, 5.74) is 0. The van der Waals surface area contributed by atoms with Gasteiger partial charge in [-0.25, -0.2) is 0 Å². The molecule has 0 heterocycles. The lowest BCUT2D eigenvalue weighted by atomic mass is 10.1. The SMILES string of the molecule is CCC(CO)C(=O)OC1CC1. The first-order chi connectivity index (χ1) is 5.27. The Morgan fingerprint density at radius 1 is 1.73 bits per heavy atom. The molecule has 3 heteroatoms. The van der Waals surface area contributed by atoms with Crippen LogP contribution in [-0.4, -0.2) is 23.8 Å². The third kappa shape index (κ3) is 2.50. The van der Waals surface area contributed by atoms with E-state index in [9.17, 15) is 4.79 Å². The average Bonchev–Trinajstić information content (AvgIpc) is 2.74. The van der Waals surface area contributed by atoms with Crippen LogP contribution in [0.2, 0.25) is 0 Å². The predicted molar refractivity (Wildman–Crippen MR) is 40.0 cm³/mol. The van der Waals surface area contributed by atoms with E-state index in [-0.39, 0.29) is 24.6 Å². The van der Waals surface area contributed by atoms with Gasteiger partial charge in [-0.15, -0.1) is 0 Å². The molecule has 0 spiro atoms. The van der Waals surface area contributed by atoms with E-state index in [0.29, 0.717) is 6.42 Å². The quantitative estimate of drug-likeness (QED) is 0.613. The van der Waals surface area contributed by atoms with E-state index >= 15 is 0 Å². The second-order valence-corrected chi connectivity index (χ2v) is 2.92. The van der Waals surface area contributed by atoms with Crippen LogP contribution in [0.1, 0.15) is 26.2 Å². The van der Waals surface area contributed by atoms with Crippen LogP contribution in [0.4, 0.5) is 0 Å². The Bertz CT molecular complexity index is 136. The second-order valence-electron chi connectivity index (χ2n) is 2.92. The van der Waals surface area contributed by atoms with Gasteiger partial charge in [-0.1, -0.05) is 6.92 Å². The van der Waals surface area contributed by atoms with Crippen LogP contribution in [-0.2, 0) is 9.53 Å². The van der Waals surface area contributed by atoms with Gasteiger partial charge >= 0.3 is 5.97 Å². The van der Waals surface area contributed by atoms with Crippen molar-refractivity contribution in [1.29, 1.82) is 0 Å². The number of rotatable bonds is 4. The van der Waals surface area contributed by atoms with Crippen molar-refractivity contribution in [2.45, 2.75) is 32.3 Å². The van der Waals surface area contributed by atoms with Crippen LogP contribution in [0, 0.1) is 5.92 Å². The van der Waals surface area contributed by atoms with Crippen LogP contribution < -0.4 is 0 Å². The van der Waals surface area contributed by atoms with Gasteiger partial charge in [-0.2, -0.15) is 0 Å². The van der Waals surface area contributed by atoms with E-state index in [1.54, 1.807) is 0 Å². The summed E-state index contributed by atoms with van der Waals surface area (Å²) in [6, 6.07) is 0. The summed E-state index contributed by atoms with van der Waals surface area (Å²) in [5, 5.41) is 8.73. The van der Waals surface area contributed by atoms with Crippen LogP contribution in [0.3, 0.4) is 0 Å². The molecule has 1 rings (SSSR count). The molecular weight excluding hydrogens is 144 g/mol. The zero-order chi connectivity index (χ0) is 8.27. The Balaban J connectivity index is 2.24. The molecule has 3 nitrogen and oxygen atoms in total. The molecule has 11 heavy (non-hydrogen) atoms. The fourth-order valence-electron chi connectivity index (χ4n) is 0.817. The maximum atomic E-state index is 11.1. The van der Waals surface area contributed by atoms with Gasteiger partial charge in [0.25, 0.3) is 0 Å². The number of esters is 1. The summed E-state index contributed by atoms with van der Waals surface area (Å²) in [6.45, 7) is 1.77. The van der Waals surface area contributed by atoms with Gasteiger partial charge in [0.05, 0.1) is 12.5 Å². The van der Waals surface area contributed by atoms with E-state index in [1.165, 1.54) is 0 Å². The monoisotopic (exact) mass is 158 g/mol. The van der Waals surface area contributed by atoms with E-state index < -0.39 is 0 Å². The number of aliphatic hydroxyl groups excluding tert-OH is 1. The van der Waals surface area contributed by atoms with Gasteiger partial charge in [0.15, 0.2) is 0 Å². The van der Waals surface area contributed by atoms with Gasteiger partial charge in [-0.3, -0.25) is 4.79 Å². The van der Waals surface area contributed by atoms with Crippen molar-refractivity contribution in [3.05, 3.63) is 0 Å². The summed E-state index contributed by atoms with van der Waals surface area (Å²) >= 11 is 0. The highest BCUT2D eigenvalue weighted by Crippen LogP contribution is 2.24. The number of ether oxygens (including phenoxy) is 1. The van der Waals surface area contributed by atoms with Crippen LogP contribution in [0.15, 0.2) is 0 Å². The Morgan fingerprint density at radius 3 is 2.73 bits per heavy atom. The molecule has 1 aliphatic carbocycles. The van der Waals surface area contributed by atoms with Crippen molar-refractivity contribution in [1.82, 2.24) is 0 Å². The van der Waals surface area contributed by atoms with E-state index in [0.717, 1.165) is 12.8 Å². The Hall–Kier alpha value is -0.570. The molecule has 1 N–H and O–H groups in total. The smallest absolute Gasteiger partial charge is 0.311 e. The molecule has 1 saturated carbocycles. The van der Waals surface area contributed by atoms with Gasteiger partial charge < -0.3 is 9.84 Å². The highest BCUT2D eigenvalue weighted by molar-refractivity contribution is 5.72. The van der Waals surface area contributed by atoms with Gasteiger partial charge in [0.2, 0.25) is 0 Å². The number of aliphatic hydroxyl groups is 1. The highest BCUT2D eigenvalue weighted by atomic mass is 16.5. The minimum absolute atomic E-state index is 0.0952. The Labute approximate surface area is 66.4 Å². The molecule has 1 aliphatic rings. The molecule has 0 amide bonds. The molecule has 0 bridgehead atoms. The molecule has 0 aromatic rings. The first-order valence-electron chi connectivity index (χ1n) is 4.09. The van der Waals surface area contributed by atoms with Crippen LogP contribution >= 0.6 is 0 Å². The standard InChI is InChI=1S/C8H14O3/c1-2-6(5-9)8(10)11-7-3-4-7/h6-7,9H,2-5H2,1H3. The predicted octanol–water partition coefficient (Wildman–Crippen LogP) is 0.710. The number of carbonyl (C=O) groups is 1. The average molecular weight is 158 g/mol. The summed E-state index contributed by atoms with van der Waals surface area (Å²) < 4.78 is 5.01. The third-order valence-electron chi connectivity index (χ3n) is 1.85. The van der Waals surface area contributed by atoms with E-state index in [1.807, 2.05) is 6.92 Å². The fraction of sp³-hybridized carbons (Fsp3) is 0.875. The van der Waals surface area contributed by atoms with Gasteiger partial charge in [0, 0.05) is 0 Å².